The zero-order valence-electron chi connectivity index (χ0n) is 15.5. The molecule has 2 atom stereocenters. The Kier molecular flexibility index (Phi) is 7.78. The van der Waals surface area contributed by atoms with E-state index in [0.29, 0.717) is 31.7 Å². The van der Waals surface area contributed by atoms with E-state index < -0.39 is 23.5 Å². The molecule has 0 radical (unpaired) electrons. The first-order valence-corrected chi connectivity index (χ1v) is 9.48. The number of carboxylic acid groups (broad SMARTS) is 1. The van der Waals surface area contributed by atoms with Gasteiger partial charge in [-0.05, 0) is 31.2 Å². The van der Waals surface area contributed by atoms with Crippen LogP contribution in [0.3, 0.4) is 0 Å². The molecule has 1 aromatic carbocycles. The van der Waals surface area contributed by atoms with Crippen molar-refractivity contribution >= 4 is 17.8 Å². The fourth-order valence-corrected chi connectivity index (χ4v) is 3.66. The molecule has 1 fully saturated rings. The van der Waals surface area contributed by atoms with Crippen molar-refractivity contribution in [1.29, 1.82) is 0 Å². The van der Waals surface area contributed by atoms with Gasteiger partial charge in [-0.1, -0.05) is 43.5 Å². The summed E-state index contributed by atoms with van der Waals surface area (Å²) in [6.45, 7) is 0. The van der Waals surface area contributed by atoms with Gasteiger partial charge in [-0.3, -0.25) is 9.59 Å². The van der Waals surface area contributed by atoms with Crippen LogP contribution in [-0.4, -0.2) is 16.9 Å². The van der Waals surface area contributed by atoms with Crippen LogP contribution >= 0.6 is 0 Å². The lowest BCUT2D eigenvalue weighted by Gasteiger charge is -2.15. The monoisotopic (exact) mass is 400 g/mol. The zero-order chi connectivity index (χ0) is 20.7. The van der Waals surface area contributed by atoms with Gasteiger partial charge in [0.15, 0.2) is 0 Å². The molecule has 1 aliphatic carbocycles. The molecule has 0 heterocycles. The fraction of sp³-hybridized carbons (Fsp3) is 0.524. The van der Waals surface area contributed by atoms with Crippen LogP contribution in [0.2, 0.25) is 0 Å². The first-order valence-electron chi connectivity index (χ1n) is 9.48. The predicted molar refractivity (Wildman–Crippen MR) is 97.0 cm³/mol. The second-order valence-corrected chi connectivity index (χ2v) is 7.19. The van der Waals surface area contributed by atoms with Crippen LogP contribution in [0.15, 0.2) is 24.3 Å². The summed E-state index contributed by atoms with van der Waals surface area (Å²) >= 11 is 0. The molecule has 154 valence electrons. The molecule has 0 aromatic heterocycles. The summed E-state index contributed by atoms with van der Waals surface area (Å²) in [4.78, 5) is 22.6. The first kappa shape index (κ1) is 22.1. The second-order valence-electron chi connectivity index (χ2n) is 7.19. The quantitative estimate of drug-likeness (QED) is 0.416. The van der Waals surface area contributed by atoms with Crippen LogP contribution in [0.1, 0.15) is 62.5 Å². The minimum absolute atomic E-state index is 0.111. The summed E-state index contributed by atoms with van der Waals surface area (Å²) in [6, 6.07) is 3.16. The average Bonchev–Trinajstić information content (AvgIpc) is 2.96. The molecule has 0 spiro atoms. The molecule has 2 rings (SSSR count). The number of alkyl halides is 3. The van der Waals surface area contributed by atoms with Gasteiger partial charge in [0.05, 0.1) is 5.56 Å². The molecular weight excluding hydrogens is 376 g/mol. The zero-order valence-corrected chi connectivity index (χ0v) is 15.5. The van der Waals surface area contributed by atoms with E-state index in [9.17, 15) is 27.2 Å². The lowest BCUT2D eigenvalue weighted by Crippen LogP contribution is -2.13. The Bertz CT molecular complexity index is 725. The molecule has 1 saturated carbocycles. The number of carbonyl (C=O) groups excluding carboxylic acids is 1. The Morgan fingerprint density at radius 1 is 1.18 bits per heavy atom. The topological polar surface area (TPSA) is 54.4 Å². The molecule has 1 N–H and O–H groups in total. The Hall–Kier alpha value is -2.18. The van der Waals surface area contributed by atoms with Crippen LogP contribution in [0.5, 0.6) is 0 Å². The molecule has 2 unspecified atom stereocenters. The molecule has 0 amide bonds. The van der Waals surface area contributed by atoms with Gasteiger partial charge in [0, 0.05) is 24.3 Å². The lowest BCUT2D eigenvalue weighted by atomic mass is 9.89. The van der Waals surface area contributed by atoms with Crippen LogP contribution in [-0.2, 0) is 15.8 Å². The first-order chi connectivity index (χ1) is 13.2. The number of halogens is 4. The van der Waals surface area contributed by atoms with Gasteiger partial charge in [-0.15, -0.1) is 0 Å². The third-order valence-corrected chi connectivity index (χ3v) is 5.17. The van der Waals surface area contributed by atoms with Gasteiger partial charge in [0.2, 0.25) is 0 Å². The molecule has 1 aromatic rings. The number of hydrogen-bond acceptors (Lipinski definition) is 2. The number of aliphatic carboxylic acids is 1. The number of carbonyl (C=O) groups is 2. The molecule has 7 heteroatoms. The van der Waals surface area contributed by atoms with E-state index in [1.54, 1.807) is 6.08 Å². The number of carboxylic acids is 1. The number of benzene rings is 1. The number of ketones is 1. The molecule has 0 aliphatic heterocycles. The summed E-state index contributed by atoms with van der Waals surface area (Å²) in [7, 11) is 0. The van der Waals surface area contributed by atoms with E-state index in [0.717, 1.165) is 19.3 Å². The summed E-state index contributed by atoms with van der Waals surface area (Å²) < 4.78 is 52.6. The number of allylic oxidation sites excluding steroid dienone is 1. The number of Topliss-reactive ketones (excluding diaryl/α,β-unsaturated/α-hetero) is 1. The van der Waals surface area contributed by atoms with Crippen LogP contribution in [0.25, 0.3) is 6.08 Å². The van der Waals surface area contributed by atoms with Crippen LogP contribution < -0.4 is 0 Å². The molecule has 28 heavy (non-hydrogen) atoms. The highest BCUT2D eigenvalue weighted by molar-refractivity contribution is 5.84. The maximum atomic E-state index is 14.1. The minimum Gasteiger partial charge on any atom is -0.481 e. The Labute approximate surface area is 161 Å². The maximum Gasteiger partial charge on any atom is 0.419 e. The molecular formula is C21H24F4O3. The summed E-state index contributed by atoms with van der Waals surface area (Å²) in [5.74, 6) is -2.31. The number of rotatable bonds is 9. The van der Waals surface area contributed by atoms with Gasteiger partial charge in [-0.2, -0.15) is 13.2 Å². The van der Waals surface area contributed by atoms with E-state index in [4.69, 9.17) is 5.11 Å². The van der Waals surface area contributed by atoms with E-state index in [-0.39, 0.29) is 29.6 Å². The Morgan fingerprint density at radius 2 is 1.89 bits per heavy atom. The standard InChI is InChI=1S/C21H24F4O3/c22-20-15(6-5-8-17(20)21(23,24)25)11-10-14-12-13-18(26)16(14)7-3-1-2-4-9-19(27)28/h5-6,8,10-11,14,16H,1-4,7,9,12-13H2,(H,27,28)/b11-10+. The van der Waals surface area contributed by atoms with Gasteiger partial charge < -0.3 is 5.11 Å². The van der Waals surface area contributed by atoms with E-state index >= 15 is 0 Å². The normalized spacial score (nSPS) is 20.2. The van der Waals surface area contributed by atoms with Gasteiger partial charge >= 0.3 is 12.1 Å². The van der Waals surface area contributed by atoms with E-state index in [1.807, 2.05) is 0 Å². The van der Waals surface area contributed by atoms with E-state index in [2.05, 4.69) is 0 Å². The largest absolute Gasteiger partial charge is 0.481 e. The SMILES string of the molecule is O=C(O)CCCCCCC1C(=O)CCC1/C=C/c1cccc(C(F)(F)F)c1F. The van der Waals surface area contributed by atoms with Crippen LogP contribution in [0, 0.1) is 17.7 Å². The van der Waals surface area contributed by atoms with Gasteiger partial charge in [-0.25, -0.2) is 4.39 Å². The summed E-state index contributed by atoms with van der Waals surface area (Å²) in [5.41, 5.74) is -1.43. The summed E-state index contributed by atoms with van der Waals surface area (Å²) in [6.07, 6.45) is 3.07. The highest BCUT2D eigenvalue weighted by atomic mass is 19.4. The van der Waals surface area contributed by atoms with Crippen molar-refractivity contribution in [2.75, 3.05) is 0 Å². The molecule has 3 nitrogen and oxygen atoms in total. The number of hydrogen-bond donors (Lipinski definition) is 1. The lowest BCUT2D eigenvalue weighted by molar-refractivity contribution is -0.140. The average molecular weight is 400 g/mol. The molecule has 0 saturated heterocycles. The Morgan fingerprint density at radius 3 is 2.57 bits per heavy atom. The second kappa shape index (κ2) is 9.85. The van der Waals surface area contributed by atoms with Crippen molar-refractivity contribution in [3.05, 3.63) is 41.2 Å². The maximum absolute atomic E-state index is 14.1. The number of unbranched alkanes of at least 4 members (excludes halogenated alkanes) is 3. The predicted octanol–water partition coefficient (Wildman–Crippen LogP) is 5.88. The van der Waals surface area contributed by atoms with Crippen molar-refractivity contribution in [2.24, 2.45) is 11.8 Å². The minimum atomic E-state index is -4.75. The van der Waals surface area contributed by atoms with Crippen molar-refractivity contribution in [2.45, 2.75) is 57.5 Å². The van der Waals surface area contributed by atoms with Crippen LogP contribution in [0.4, 0.5) is 17.6 Å². The smallest absolute Gasteiger partial charge is 0.419 e. The van der Waals surface area contributed by atoms with Crippen molar-refractivity contribution in [3.8, 4) is 0 Å². The van der Waals surface area contributed by atoms with Crippen molar-refractivity contribution in [3.63, 3.8) is 0 Å². The third-order valence-electron chi connectivity index (χ3n) is 5.17. The molecule has 1 aliphatic rings. The van der Waals surface area contributed by atoms with Crippen molar-refractivity contribution in [1.82, 2.24) is 0 Å². The fourth-order valence-electron chi connectivity index (χ4n) is 3.66. The third kappa shape index (κ3) is 6.17. The Balaban J connectivity index is 1.95. The summed E-state index contributed by atoms with van der Waals surface area (Å²) in [5, 5.41) is 8.60. The molecule has 0 bridgehead atoms. The van der Waals surface area contributed by atoms with Gasteiger partial charge in [0.1, 0.15) is 11.6 Å². The van der Waals surface area contributed by atoms with E-state index in [1.165, 1.54) is 18.2 Å². The van der Waals surface area contributed by atoms with Gasteiger partial charge in [0.25, 0.3) is 0 Å². The van der Waals surface area contributed by atoms with Crippen molar-refractivity contribution < 1.29 is 32.3 Å². The highest BCUT2D eigenvalue weighted by Crippen LogP contribution is 2.36. The highest BCUT2D eigenvalue weighted by Gasteiger charge is 2.35.